The van der Waals surface area contributed by atoms with Gasteiger partial charge < -0.3 is 9.64 Å². The van der Waals surface area contributed by atoms with Gasteiger partial charge in [0.2, 0.25) is 0 Å². The molecule has 2 rings (SSSR count). The molecule has 0 spiro atoms. The summed E-state index contributed by atoms with van der Waals surface area (Å²) in [5.74, 6) is 1.17. The number of esters is 1. The number of carbonyl (C=O) groups excluding carboxylic acids is 1. The molecule has 112 valence electrons. The first-order chi connectivity index (χ1) is 9.51. The minimum Gasteiger partial charge on any atom is -0.466 e. The van der Waals surface area contributed by atoms with Crippen LogP contribution in [0.25, 0.3) is 0 Å². The summed E-state index contributed by atoms with van der Waals surface area (Å²) in [6, 6.07) is 0.507. The summed E-state index contributed by atoms with van der Waals surface area (Å²) >= 11 is 1.63. The Morgan fingerprint density at radius 1 is 1.50 bits per heavy atom. The van der Waals surface area contributed by atoms with Gasteiger partial charge in [-0.25, -0.2) is 4.98 Å². The molecule has 5 heteroatoms. The van der Waals surface area contributed by atoms with E-state index >= 15 is 0 Å². The molecule has 0 radical (unpaired) electrons. The lowest BCUT2D eigenvalue weighted by atomic mass is 9.86. The van der Waals surface area contributed by atoms with Crippen LogP contribution in [0.1, 0.15) is 39.8 Å². The van der Waals surface area contributed by atoms with Crippen molar-refractivity contribution in [2.45, 2.75) is 46.6 Å². The highest BCUT2D eigenvalue weighted by Crippen LogP contribution is 2.33. The highest BCUT2D eigenvalue weighted by Gasteiger charge is 2.30. The molecule has 0 aliphatic carbocycles. The largest absolute Gasteiger partial charge is 0.466 e. The van der Waals surface area contributed by atoms with Gasteiger partial charge in [-0.2, -0.15) is 0 Å². The lowest BCUT2D eigenvalue weighted by molar-refractivity contribution is -0.142. The van der Waals surface area contributed by atoms with E-state index in [9.17, 15) is 4.79 Å². The summed E-state index contributed by atoms with van der Waals surface area (Å²) < 4.78 is 4.97. The number of hydrogen-bond acceptors (Lipinski definition) is 5. The van der Waals surface area contributed by atoms with E-state index in [0.717, 1.165) is 17.4 Å². The SMILES string of the molecule is CCOC(=O)Cc1csc(N2CC(C)CC(C)C2C)n1. The van der Waals surface area contributed by atoms with Crippen molar-refractivity contribution >= 4 is 22.4 Å². The van der Waals surface area contributed by atoms with Gasteiger partial charge in [0, 0.05) is 18.0 Å². The van der Waals surface area contributed by atoms with Gasteiger partial charge in [0.05, 0.1) is 18.7 Å². The van der Waals surface area contributed by atoms with E-state index in [1.807, 2.05) is 12.3 Å². The number of piperidine rings is 1. The summed E-state index contributed by atoms with van der Waals surface area (Å²) in [5, 5.41) is 3.01. The van der Waals surface area contributed by atoms with E-state index in [4.69, 9.17) is 4.74 Å². The maximum atomic E-state index is 11.5. The fraction of sp³-hybridized carbons (Fsp3) is 0.733. The summed E-state index contributed by atoms with van der Waals surface area (Å²) in [5.41, 5.74) is 0.821. The van der Waals surface area contributed by atoms with Crippen LogP contribution in [0.4, 0.5) is 5.13 Å². The van der Waals surface area contributed by atoms with Crippen LogP contribution in [0.3, 0.4) is 0 Å². The third-order valence-electron chi connectivity index (χ3n) is 4.01. The third-order valence-corrected chi connectivity index (χ3v) is 4.94. The van der Waals surface area contributed by atoms with Crippen LogP contribution in [-0.4, -0.2) is 30.1 Å². The molecule has 1 fully saturated rings. The van der Waals surface area contributed by atoms with Crippen LogP contribution in [0.2, 0.25) is 0 Å². The maximum absolute atomic E-state index is 11.5. The number of anilines is 1. The Bertz CT molecular complexity index is 460. The Morgan fingerprint density at radius 3 is 2.95 bits per heavy atom. The second-order valence-electron chi connectivity index (χ2n) is 5.81. The number of ether oxygens (including phenoxy) is 1. The third kappa shape index (κ3) is 3.51. The molecule has 3 atom stereocenters. The number of carbonyl (C=O) groups is 1. The molecule has 1 aliphatic heterocycles. The molecule has 1 aromatic heterocycles. The van der Waals surface area contributed by atoms with E-state index < -0.39 is 0 Å². The molecule has 2 heterocycles. The quantitative estimate of drug-likeness (QED) is 0.801. The van der Waals surface area contributed by atoms with Crippen molar-refractivity contribution in [3.8, 4) is 0 Å². The molecule has 4 nitrogen and oxygen atoms in total. The second-order valence-corrected chi connectivity index (χ2v) is 6.65. The molecule has 0 saturated carbocycles. The summed E-state index contributed by atoms with van der Waals surface area (Å²) in [4.78, 5) is 18.5. The van der Waals surface area contributed by atoms with Gasteiger partial charge in [-0.05, 0) is 32.1 Å². The van der Waals surface area contributed by atoms with Crippen LogP contribution in [0.5, 0.6) is 0 Å². The van der Waals surface area contributed by atoms with Crippen molar-refractivity contribution in [1.82, 2.24) is 4.98 Å². The molecule has 1 saturated heterocycles. The zero-order chi connectivity index (χ0) is 14.7. The maximum Gasteiger partial charge on any atom is 0.311 e. The van der Waals surface area contributed by atoms with Crippen LogP contribution < -0.4 is 4.90 Å². The second kappa shape index (κ2) is 6.57. The molecule has 0 N–H and O–H groups in total. The zero-order valence-electron chi connectivity index (χ0n) is 12.8. The zero-order valence-corrected chi connectivity index (χ0v) is 13.6. The first kappa shape index (κ1) is 15.3. The van der Waals surface area contributed by atoms with Crippen molar-refractivity contribution in [2.75, 3.05) is 18.1 Å². The summed E-state index contributed by atoms with van der Waals surface area (Å²) in [7, 11) is 0. The molecule has 3 unspecified atom stereocenters. The number of nitrogens with zero attached hydrogens (tertiary/aromatic N) is 2. The summed E-state index contributed by atoms with van der Waals surface area (Å²) in [6.07, 6.45) is 1.55. The minimum absolute atomic E-state index is 0.197. The fourth-order valence-electron chi connectivity index (χ4n) is 2.84. The molecule has 20 heavy (non-hydrogen) atoms. The van der Waals surface area contributed by atoms with Crippen LogP contribution >= 0.6 is 11.3 Å². The molecule has 1 aromatic rings. The Hall–Kier alpha value is -1.10. The van der Waals surface area contributed by atoms with E-state index in [-0.39, 0.29) is 12.4 Å². The highest BCUT2D eigenvalue weighted by molar-refractivity contribution is 7.13. The van der Waals surface area contributed by atoms with Gasteiger partial charge in [-0.15, -0.1) is 11.3 Å². The Labute approximate surface area is 125 Å². The monoisotopic (exact) mass is 296 g/mol. The number of rotatable bonds is 4. The average molecular weight is 296 g/mol. The molecule has 0 bridgehead atoms. The average Bonchev–Trinajstić information content (AvgIpc) is 2.82. The van der Waals surface area contributed by atoms with Gasteiger partial charge in [0.25, 0.3) is 0 Å². The molecular formula is C15H24N2O2S. The first-order valence-corrected chi connectivity index (χ1v) is 8.25. The summed E-state index contributed by atoms with van der Waals surface area (Å²) in [6.45, 7) is 10.2. The number of aromatic nitrogens is 1. The van der Waals surface area contributed by atoms with Gasteiger partial charge in [0.15, 0.2) is 5.13 Å². The minimum atomic E-state index is -0.197. The molecular weight excluding hydrogens is 272 g/mol. The Balaban J connectivity index is 2.05. The smallest absolute Gasteiger partial charge is 0.311 e. The van der Waals surface area contributed by atoms with E-state index in [1.54, 1.807) is 11.3 Å². The van der Waals surface area contributed by atoms with Crippen molar-refractivity contribution in [3.63, 3.8) is 0 Å². The van der Waals surface area contributed by atoms with Gasteiger partial charge in [0.1, 0.15) is 0 Å². The van der Waals surface area contributed by atoms with E-state index in [1.165, 1.54) is 6.42 Å². The fourth-order valence-corrected chi connectivity index (χ4v) is 3.76. The number of hydrogen-bond donors (Lipinski definition) is 0. The lowest BCUT2D eigenvalue weighted by Crippen LogP contribution is -2.45. The molecule has 0 amide bonds. The van der Waals surface area contributed by atoms with Crippen molar-refractivity contribution < 1.29 is 9.53 Å². The Kier molecular flexibility index (Phi) is 5.02. The molecule has 1 aliphatic rings. The predicted molar refractivity (Wildman–Crippen MR) is 82.2 cm³/mol. The van der Waals surface area contributed by atoms with Crippen LogP contribution in [0.15, 0.2) is 5.38 Å². The Morgan fingerprint density at radius 2 is 2.25 bits per heavy atom. The van der Waals surface area contributed by atoms with Gasteiger partial charge >= 0.3 is 5.97 Å². The van der Waals surface area contributed by atoms with Crippen molar-refractivity contribution in [3.05, 3.63) is 11.1 Å². The highest BCUT2D eigenvalue weighted by atomic mass is 32.1. The lowest BCUT2D eigenvalue weighted by Gasteiger charge is -2.41. The van der Waals surface area contributed by atoms with Crippen LogP contribution in [0, 0.1) is 11.8 Å². The standard InChI is InChI=1S/C15H24N2O2S/c1-5-19-14(18)7-13-9-20-15(16-13)17-8-10(2)6-11(3)12(17)4/h9-12H,5-8H2,1-4H3. The van der Waals surface area contributed by atoms with Gasteiger partial charge in [-0.3, -0.25) is 4.79 Å². The van der Waals surface area contributed by atoms with Crippen LogP contribution in [-0.2, 0) is 16.0 Å². The van der Waals surface area contributed by atoms with Crippen molar-refractivity contribution in [1.29, 1.82) is 0 Å². The predicted octanol–water partition coefficient (Wildman–Crippen LogP) is 3.12. The first-order valence-electron chi connectivity index (χ1n) is 7.38. The van der Waals surface area contributed by atoms with E-state index in [0.29, 0.717) is 24.5 Å². The number of thiazole rings is 1. The van der Waals surface area contributed by atoms with Crippen molar-refractivity contribution in [2.24, 2.45) is 11.8 Å². The normalized spacial score (nSPS) is 26.6. The van der Waals surface area contributed by atoms with E-state index in [2.05, 4.69) is 30.7 Å². The molecule has 0 aromatic carbocycles. The van der Waals surface area contributed by atoms with Gasteiger partial charge in [-0.1, -0.05) is 13.8 Å². The topological polar surface area (TPSA) is 42.4 Å².